The summed E-state index contributed by atoms with van der Waals surface area (Å²) in [5.41, 5.74) is -0.638. The monoisotopic (exact) mass is 303 g/mol. The average molecular weight is 303 g/mol. The number of nitrogens with zero attached hydrogens (tertiary/aromatic N) is 1. The van der Waals surface area contributed by atoms with Crippen LogP contribution in [0.5, 0.6) is 0 Å². The first-order valence-electron chi connectivity index (χ1n) is 6.65. The lowest BCUT2D eigenvalue weighted by Gasteiger charge is -2.25. The quantitative estimate of drug-likeness (QED) is 0.633. The summed E-state index contributed by atoms with van der Waals surface area (Å²) in [5, 5.41) is 8.99. The van der Waals surface area contributed by atoms with Gasteiger partial charge in [0.1, 0.15) is 0 Å². The maximum atomic E-state index is 11.7. The first-order valence-corrected chi connectivity index (χ1v) is 6.65. The summed E-state index contributed by atoms with van der Waals surface area (Å²) in [6.45, 7) is 10.4. The minimum absolute atomic E-state index is 0.0168. The molecule has 122 valence electrons. The molecule has 0 radical (unpaired) electrons. The highest BCUT2D eigenvalue weighted by atomic mass is 16.7. The molecule has 1 N–H and O–H groups in total. The Morgan fingerprint density at radius 1 is 0.952 bits per heavy atom. The number of esters is 1. The highest BCUT2D eigenvalue weighted by Crippen LogP contribution is 2.19. The Morgan fingerprint density at radius 2 is 1.48 bits per heavy atom. The maximum absolute atomic E-state index is 11.7. The zero-order chi connectivity index (χ0) is 16.8. The van der Waals surface area contributed by atoms with Gasteiger partial charge in [0.25, 0.3) is 0 Å². The lowest BCUT2D eigenvalue weighted by molar-refractivity contribution is -0.154. The van der Waals surface area contributed by atoms with Crippen molar-refractivity contribution in [2.75, 3.05) is 13.3 Å². The molecule has 0 unspecified atom stereocenters. The third-order valence-corrected chi connectivity index (χ3v) is 2.16. The van der Waals surface area contributed by atoms with Crippen molar-refractivity contribution >= 4 is 18.2 Å². The molecule has 0 spiro atoms. The van der Waals surface area contributed by atoms with E-state index in [2.05, 4.69) is 4.74 Å². The van der Waals surface area contributed by atoms with Gasteiger partial charge >= 0.3 is 18.2 Å². The van der Waals surface area contributed by atoms with Gasteiger partial charge in [-0.1, -0.05) is 41.5 Å². The SMILES string of the molecule is CC(C)(C)CC(=O)OCOC(=O)N(CC(C)(C)C)C(=O)O. The lowest BCUT2D eigenvalue weighted by atomic mass is 9.93. The van der Waals surface area contributed by atoms with E-state index in [1.54, 1.807) is 20.8 Å². The molecule has 21 heavy (non-hydrogen) atoms. The molecule has 0 saturated heterocycles. The third-order valence-electron chi connectivity index (χ3n) is 2.16. The van der Waals surface area contributed by atoms with Gasteiger partial charge in [-0.15, -0.1) is 0 Å². The molecule has 0 aromatic carbocycles. The van der Waals surface area contributed by atoms with E-state index in [1.807, 2.05) is 20.8 Å². The van der Waals surface area contributed by atoms with E-state index >= 15 is 0 Å². The molecule has 0 aromatic heterocycles. The fraction of sp³-hybridized carbons (Fsp3) is 0.786. The summed E-state index contributed by atoms with van der Waals surface area (Å²) in [7, 11) is 0. The number of hydrogen-bond donors (Lipinski definition) is 1. The summed E-state index contributed by atoms with van der Waals surface area (Å²) in [5.74, 6) is -0.506. The van der Waals surface area contributed by atoms with Gasteiger partial charge in [0.2, 0.25) is 6.79 Å². The van der Waals surface area contributed by atoms with Crippen molar-refractivity contribution in [3.63, 3.8) is 0 Å². The standard InChI is InChI=1S/C14H25NO6/c1-13(2,3)7-10(16)20-9-21-12(19)15(11(17)18)8-14(4,5)6/h7-9H2,1-6H3,(H,17,18). The highest BCUT2D eigenvalue weighted by Gasteiger charge is 2.28. The molecular weight excluding hydrogens is 278 g/mol. The molecule has 0 aliphatic carbocycles. The zero-order valence-electron chi connectivity index (χ0n) is 13.6. The molecular formula is C14H25NO6. The minimum Gasteiger partial charge on any atom is -0.465 e. The van der Waals surface area contributed by atoms with E-state index in [0.717, 1.165) is 0 Å². The van der Waals surface area contributed by atoms with Crippen molar-refractivity contribution in [2.24, 2.45) is 10.8 Å². The van der Waals surface area contributed by atoms with Crippen molar-refractivity contribution in [3.05, 3.63) is 0 Å². The summed E-state index contributed by atoms with van der Waals surface area (Å²) >= 11 is 0. The van der Waals surface area contributed by atoms with Crippen LogP contribution in [-0.2, 0) is 14.3 Å². The van der Waals surface area contributed by atoms with Crippen molar-refractivity contribution in [1.29, 1.82) is 0 Å². The summed E-state index contributed by atoms with van der Waals surface area (Å²) in [6.07, 6.45) is -2.29. The van der Waals surface area contributed by atoms with Crippen LogP contribution in [0.4, 0.5) is 9.59 Å². The van der Waals surface area contributed by atoms with Crippen LogP contribution in [0.15, 0.2) is 0 Å². The van der Waals surface area contributed by atoms with Crippen LogP contribution in [0, 0.1) is 10.8 Å². The first kappa shape index (κ1) is 19.2. The summed E-state index contributed by atoms with van der Waals surface area (Å²) in [6, 6.07) is 0. The Bertz CT molecular complexity index is 391. The van der Waals surface area contributed by atoms with Crippen LogP contribution in [0.2, 0.25) is 0 Å². The Hall–Kier alpha value is -1.79. The van der Waals surface area contributed by atoms with Crippen molar-refractivity contribution in [2.45, 2.75) is 48.0 Å². The van der Waals surface area contributed by atoms with Gasteiger partial charge in [0, 0.05) is 6.54 Å². The van der Waals surface area contributed by atoms with E-state index in [1.165, 1.54) is 0 Å². The van der Waals surface area contributed by atoms with Gasteiger partial charge in [0.15, 0.2) is 0 Å². The predicted octanol–water partition coefficient (Wildman–Crippen LogP) is 3.09. The molecule has 0 fully saturated rings. The number of amides is 2. The summed E-state index contributed by atoms with van der Waals surface area (Å²) in [4.78, 5) is 34.7. The van der Waals surface area contributed by atoms with E-state index in [4.69, 9.17) is 9.84 Å². The molecule has 0 rings (SSSR count). The number of hydrogen-bond acceptors (Lipinski definition) is 5. The molecule has 0 aromatic rings. The molecule has 0 atom stereocenters. The Kier molecular flexibility index (Phi) is 6.66. The molecule has 0 saturated carbocycles. The van der Waals surface area contributed by atoms with Crippen LogP contribution >= 0.6 is 0 Å². The second-order valence-corrected chi connectivity index (χ2v) is 7.21. The van der Waals surface area contributed by atoms with Gasteiger partial charge in [0.05, 0.1) is 6.42 Å². The van der Waals surface area contributed by atoms with Gasteiger partial charge in [-0.05, 0) is 10.8 Å². The van der Waals surface area contributed by atoms with Crippen LogP contribution in [-0.4, -0.2) is 41.5 Å². The topological polar surface area (TPSA) is 93.1 Å². The number of carbonyl (C=O) groups is 3. The van der Waals surface area contributed by atoms with Gasteiger partial charge < -0.3 is 14.6 Å². The second-order valence-electron chi connectivity index (χ2n) is 7.21. The number of rotatable bonds is 4. The largest absolute Gasteiger partial charge is 0.465 e. The number of carboxylic acid groups (broad SMARTS) is 1. The van der Waals surface area contributed by atoms with E-state index in [-0.39, 0.29) is 18.4 Å². The van der Waals surface area contributed by atoms with Crippen LogP contribution < -0.4 is 0 Å². The number of imide groups is 1. The van der Waals surface area contributed by atoms with E-state index in [0.29, 0.717) is 4.90 Å². The Balaban J connectivity index is 4.34. The smallest absolute Gasteiger partial charge is 0.422 e. The minimum atomic E-state index is -1.41. The Labute approximate surface area is 125 Å². The fourth-order valence-electron chi connectivity index (χ4n) is 1.39. The summed E-state index contributed by atoms with van der Waals surface area (Å²) < 4.78 is 9.41. The first-order chi connectivity index (χ1) is 9.32. The molecule has 7 nitrogen and oxygen atoms in total. The van der Waals surface area contributed by atoms with E-state index < -0.39 is 30.4 Å². The molecule has 0 aliphatic rings. The molecule has 0 bridgehead atoms. The van der Waals surface area contributed by atoms with Crippen LogP contribution in [0.1, 0.15) is 48.0 Å². The lowest BCUT2D eigenvalue weighted by Crippen LogP contribution is -2.42. The molecule has 7 heteroatoms. The highest BCUT2D eigenvalue weighted by molar-refractivity contribution is 5.86. The zero-order valence-corrected chi connectivity index (χ0v) is 13.6. The third kappa shape index (κ3) is 9.70. The van der Waals surface area contributed by atoms with Crippen LogP contribution in [0.3, 0.4) is 0 Å². The second kappa shape index (κ2) is 7.28. The predicted molar refractivity (Wildman–Crippen MR) is 75.7 cm³/mol. The van der Waals surface area contributed by atoms with Gasteiger partial charge in [-0.25, -0.2) is 14.5 Å². The van der Waals surface area contributed by atoms with Crippen LogP contribution in [0.25, 0.3) is 0 Å². The van der Waals surface area contributed by atoms with Gasteiger partial charge in [-0.2, -0.15) is 0 Å². The van der Waals surface area contributed by atoms with Crippen molar-refractivity contribution in [3.8, 4) is 0 Å². The normalized spacial score (nSPS) is 11.7. The maximum Gasteiger partial charge on any atom is 0.422 e. The van der Waals surface area contributed by atoms with Crippen molar-refractivity contribution in [1.82, 2.24) is 4.90 Å². The Morgan fingerprint density at radius 3 is 1.86 bits per heavy atom. The van der Waals surface area contributed by atoms with Gasteiger partial charge in [-0.3, -0.25) is 4.79 Å². The van der Waals surface area contributed by atoms with E-state index in [9.17, 15) is 14.4 Å². The number of ether oxygens (including phenoxy) is 2. The number of carbonyl (C=O) groups excluding carboxylic acids is 2. The molecule has 2 amide bonds. The fourth-order valence-corrected chi connectivity index (χ4v) is 1.39. The average Bonchev–Trinajstić information content (AvgIpc) is 2.21. The molecule has 0 heterocycles. The van der Waals surface area contributed by atoms with Crippen molar-refractivity contribution < 1.29 is 29.0 Å². The molecule has 0 aliphatic heterocycles.